The van der Waals surface area contributed by atoms with E-state index < -0.39 is 0 Å². The first-order valence-corrected chi connectivity index (χ1v) is 8.57. The van der Waals surface area contributed by atoms with Gasteiger partial charge in [0.1, 0.15) is 0 Å². The van der Waals surface area contributed by atoms with E-state index in [0.29, 0.717) is 30.2 Å². The van der Waals surface area contributed by atoms with Gasteiger partial charge in [0.2, 0.25) is 5.91 Å². The van der Waals surface area contributed by atoms with Crippen LogP contribution in [-0.2, 0) is 4.79 Å². The summed E-state index contributed by atoms with van der Waals surface area (Å²) in [4.78, 5) is 12.2. The monoisotopic (exact) mass is 282 g/mol. The van der Waals surface area contributed by atoms with Gasteiger partial charge >= 0.3 is 0 Å². The molecule has 118 valence electrons. The van der Waals surface area contributed by atoms with Crippen LogP contribution in [0.2, 0.25) is 0 Å². The van der Waals surface area contributed by atoms with Gasteiger partial charge in [-0.3, -0.25) is 4.79 Å². The van der Waals surface area contributed by atoms with Crippen molar-refractivity contribution in [2.45, 2.75) is 78.2 Å². The SMILES string of the molecule is CCC1CCCCC1NC(=O)CCC(CCN)C(C)C. The number of nitrogens with two attached hydrogens (primary N) is 1. The molecular weight excluding hydrogens is 248 g/mol. The molecule has 0 aromatic carbocycles. The molecule has 0 aliphatic heterocycles. The Kier molecular flexibility index (Phi) is 8.20. The molecule has 1 saturated carbocycles. The van der Waals surface area contributed by atoms with Gasteiger partial charge in [0.25, 0.3) is 0 Å². The summed E-state index contributed by atoms with van der Waals surface area (Å²) in [5.41, 5.74) is 5.66. The standard InChI is InChI=1S/C17H34N2O/c1-4-14-7-5-6-8-16(14)19-17(20)10-9-15(11-12-18)13(2)3/h13-16H,4-12,18H2,1-3H3,(H,19,20). The first-order chi connectivity index (χ1) is 9.58. The van der Waals surface area contributed by atoms with Gasteiger partial charge in [-0.05, 0) is 50.0 Å². The molecule has 1 aliphatic rings. The third kappa shape index (κ3) is 5.82. The van der Waals surface area contributed by atoms with Crippen molar-refractivity contribution in [1.29, 1.82) is 0 Å². The molecule has 0 saturated heterocycles. The molecule has 20 heavy (non-hydrogen) atoms. The van der Waals surface area contributed by atoms with Gasteiger partial charge in [0.05, 0.1) is 0 Å². The minimum atomic E-state index is 0.248. The van der Waals surface area contributed by atoms with Crippen LogP contribution >= 0.6 is 0 Å². The zero-order chi connectivity index (χ0) is 15.0. The summed E-state index contributed by atoms with van der Waals surface area (Å²) in [5.74, 6) is 2.14. The minimum Gasteiger partial charge on any atom is -0.353 e. The number of rotatable bonds is 8. The van der Waals surface area contributed by atoms with Gasteiger partial charge in [0.15, 0.2) is 0 Å². The lowest BCUT2D eigenvalue weighted by molar-refractivity contribution is -0.122. The van der Waals surface area contributed by atoms with Crippen LogP contribution in [0.1, 0.15) is 72.1 Å². The smallest absolute Gasteiger partial charge is 0.220 e. The summed E-state index contributed by atoms with van der Waals surface area (Å²) in [6.45, 7) is 7.43. The summed E-state index contributed by atoms with van der Waals surface area (Å²) in [6, 6.07) is 0.424. The van der Waals surface area contributed by atoms with E-state index in [9.17, 15) is 4.79 Å². The Morgan fingerprint density at radius 1 is 1.25 bits per heavy atom. The zero-order valence-electron chi connectivity index (χ0n) is 13.7. The number of nitrogens with one attached hydrogen (secondary N) is 1. The number of amides is 1. The highest BCUT2D eigenvalue weighted by Gasteiger charge is 2.25. The summed E-state index contributed by atoms with van der Waals surface area (Å²) in [7, 11) is 0. The van der Waals surface area contributed by atoms with Crippen LogP contribution < -0.4 is 11.1 Å². The molecule has 0 aromatic heterocycles. The molecule has 3 nitrogen and oxygen atoms in total. The first kappa shape index (κ1) is 17.5. The number of carbonyl (C=O) groups excluding carboxylic acids is 1. The summed E-state index contributed by atoms with van der Waals surface area (Å²) in [5, 5.41) is 3.29. The molecule has 1 rings (SSSR count). The van der Waals surface area contributed by atoms with Crippen molar-refractivity contribution in [2.24, 2.45) is 23.5 Å². The van der Waals surface area contributed by atoms with Gasteiger partial charge < -0.3 is 11.1 Å². The van der Waals surface area contributed by atoms with Crippen LogP contribution in [-0.4, -0.2) is 18.5 Å². The normalized spacial score (nSPS) is 24.6. The minimum absolute atomic E-state index is 0.248. The van der Waals surface area contributed by atoms with E-state index in [1.165, 1.54) is 32.1 Å². The maximum absolute atomic E-state index is 12.2. The summed E-state index contributed by atoms with van der Waals surface area (Å²) >= 11 is 0. The van der Waals surface area contributed by atoms with Crippen molar-refractivity contribution in [3.8, 4) is 0 Å². The molecule has 0 spiro atoms. The Hall–Kier alpha value is -0.570. The Balaban J connectivity index is 2.34. The quantitative estimate of drug-likeness (QED) is 0.716. The summed E-state index contributed by atoms with van der Waals surface area (Å²) in [6.07, 6.45) is 8.91. The highest BCUT2D eigenvalue weighted by Crippen LogP contribution is 2.27. The van der Waals surface area contributed by atoms with Crippen molar-refractivity contribution >= 4 is 5.91 Å². The van der Waals surface area contributed by atoms with E-state index in [0.717, 1.165) is 19.4 Å². The molecule has 1 amide bonds. The molecule has 1 fully saturated rings. The third-order valence-corrected chi connectivity index (χ3v) is 5.00. The molecular formula is C17H34N2O. The first-order valence-electron chi connectivity index (χ1n) is 8.57. The number of hydrogen-bond acceptors (Lipinski definition) is 2. The fourth-order valence-electron chi connectivity index (χ4n) is 3.51. The highest BCUT2D eigenvalue weighted by molar-refractivity contribution is 5.76. The molecule has 3 N–H and O–H groups in total. The van der Waals surface area contributed by atoms with E-state index in [2.05, 4.69) is 26.1 Å². The summed E-state index contributed by atoms with van der Waals surface area (Å²) < 4.78 is 0. The largest absolute Gasteiger partial charge is 0.353 e. The van der Waals surface area contributed by atoms with Crippen LogP contribution in [0, 0.1) is 17.8 Å². The van der Waals surface area contributed by atoms with Gasteiger partial charge in [-0.25, -0.2) is 0 Å². The van der Waals surface area contributed by atoms with Crippen molar-refractivity contribution in [2.75, 3.05) is 6.54 Å². The second-order valence-electron chi connectivity index (χ2n) is 6.75. The predicted octanol–water partition coefficient (Wildman–Crippen LogP) is 3.47. The lowest BCUT2D eigenvalue weighted by Crippen LogP contribution is -2.42. The van der Waals surface area contributed by atoms with Crippen LogP contribution in [0.3, 0.4) is 0 Å². The van der Waals surface area contributed by atoms with Gasteiger partial charge in [0, 0.05) is 12.5 Å². The zero-order valence-corrected chi connectivity index (χ0v) is 13.7. The lowest BCUT2D eigenvalue weighted by atomic mass is 9.82. The topological polar surface area (TPSA) is 55.1 Å². The van der Waals surface area contributed by atoms with Crippen molar-refractivity contribution in [1.82, 2.24) is 5.32 Å². The molecule has 1 aliphatic carbocycles. The average molecular weight is 282 g/mol. The predicted molar refractivity (Wildman–Crippen MR) is 85.4 cm³/mol. The van der Waals surface area contributed by atoms with Gasteiger partial charge in [-0.15, -0.1) is 0 Å². The second-order valence-corrected chi connectivity index (χ2v) is 6.75. The Labute approximate surface area is 125 Å². The van der Waals surface area contributed by atoms with Crippen LogP contribution in [0.15, 0.2) is 0 Å². The average Bonchev–Trinajstić information content (AvgIpc) is 2.43. The fraction of sp³-hybridized carbons (Fsp3) is 0.941. The Morgan fingerprint density at radius 3 is 2.55 bits per heavy atom. The molecule has 3 atom stereocenters. The molecule has 0 aromatic rings. The number of hydrogen-bond donors (Lipinski definition) is 2. The third-order valence-electron chi connectivity index (χ3n) is 5.00. The molecule has 0 radical (unpaired) electrons. The van der Waals surface area contributed by atoms with Crippen LogP contribution in [0.5, 0.6) is 0 Å². The highest BCUT2D eigenvalue weighted by atomic mass is 16.1. The van der Waals surface area contributed by atoms with Gasteiger partial charge in [-0.1, -0.05) is 40.0 Å². The van der Waals surface area contributed by atoms with Crippen molar-refractivity contribution < 1.29 is 4.79 Å². The maximum Gasteiger partial charge on any atom is 0.220 e. The van der Waals surface area contributed by atoms with E-state index in [4.69, 9.17) is 5.73 Å². The molecule has 0 heterocycles. The van der Waals surface area contributed by atoms with E-state index in [1.54, 1.807) is 0 Å². The fourth-order valence-corrected chi connectivity index (χ4v) is 3.51. The Morgan fingerprint density at radius 2 is 1.95 bits per heavy atom. The van der Waals surface area contributed by atoms with Crippen molar-refractivity contribution in [3.63, 3.8) is 0 Å². The molecule has 3 unspecified atom stereocenters. The maximum atomic E-state index is 12.2. The lowest BCUT2D eigenvalue weighted by Gasteiger charge is -2.31. The van der Waals surface area contributed by atoms with Crippen LogP contribution in [0.4, 0.5) is 0 Å². The van der Waals surface area contributed by atoms with E-state index in [1.807, 2.05) is 0 Å². The van der Waals surface area contributed by atoms with Crippen LogP contribution in [0.25, 0.3) is 0 Å². The second kappa shape index (κ2) is 9.38. The number of carbonyl (C=O) groups is 1. The van der Waals surface area contributed by atoms with Crippen molar-refractivity contribution in [3.05, 3.63) is 0 Å². The Bertz CT molecular complexity index is 278. The van der Waals surface area contributed by atoms with Gasteiger partial charge in [-0.2, -0.15) is 0 Å². The molecule has 0 bridgehead atoms. The van der Waals surface area contributed by atoms with E-state index in [-0.39, 0.29) is 5.91 Å². The van der Waals surface area contributed by atoms with E-state index >= 15 is 0 Å². The molecule has 3 heteroatoms.